The second-order valence-electron chi connectivity index (χ2n) is 5.38. The molecule has 2 aliphatic rings. The van der Waals surface area contributed by atoms with Gasteiger partial charge in [-0.3, -0.25) is 4.79 Å². The van der Waals surface area contributed by atoms with E-state index in [1.165, 1.54) is 12.8 Å². The van der Waals surface area contributed by atoms with Crippen molar-refractivity contribution in [1.82, 2.24) is 0 Å². The molecule has 2 rings (SSSR count). The first kappa shape index (κ1) is 12.8. The first-order chi connectivity index (χ1) is 8.05. The molecule has 98 valence electrons. The van der Waals surface area contributed by atoms with E-state index in [2.05, 4.69) is 0 Å². The molecule has 0 spiro atoms. The Hall–Kier alpha value is -0.610. The van der Waals surface area contributed by atoms with Crippen molar-refractivity contribution in [1.29, 1.82) is 0 Å². The van der Waals surface area contributed by atoms with Crippen molar-refractivity contribution in [2.75, 3.05) is 6.61 Å². The van der Waals surface area contributed by atoms with Crippen LogP contribution in [0.1, 0.15) is 52.4 Å². The normalized spacial score (nSPS) is 29.2. The summed E-state index contributed by atoms with van der Waals surface area (Å²) >= 11 is 0. The molecule has 0 N–H and O–H groups in total. The van der Waals surface area contributed by atoms with Gasteiger partial charge in [0.25, 0.3) is 0 Å². The average Bonchev–Trinajstić information content (AvgIpc) is 2.68. The molecule has 0 aromatic heterocycles. The lowest BCUT2D eigenvalue weighted by molar-refractivity contribution is -0.273. The van der Waals surface area contributed by atoms with Gasteiger partial charge in [-0.25, -0.2) is 0 Å². The van der Waals surface area contributed by atoms with Crippen LogP contribution in [0.5, 0.6) is 0 Å². The molecule has 1 saturated heterocycles. The van der Waals surface area contributed by atoms with Gasteiger partial charge in [0.2, 0.25) is 0 Å². The average molecular weight is 242 g/mol. The first-order valence-electron chi connectivity index (χ1n) is 6.56. The molecule has 0 aromatic rings. The minimum absolute atomic E-state index is 0.0624. The molecule has 4 nitrogen and oxygen atoms in total. The summed E-state index contributed by atoms with van der Waals surface area (Å²) < 4.78 is 16.5. The van der Waals surface area contributed by atoms with Crippen LogP contribution in [0.4, 0.5) is 0 Å². The summed E-state index contributed by atoms with van der Waals surface area (Å²) in [5.41, 5.74) is 0. The fraction of sp³-hybridized carbons (Fsp3) is 0.923. The van der Waals surface area contributed by atoms with Crippen LogP contribution in [0.25, 0.3) is 0 Å². The Morgan fingerprint density at radius 3 is 2.65 bits per heavy atom. The topological polar surface area (TPSA) is 44.8 Å². The Morgan fingerprint density at radius 1 is 1.29 bits per heavy atom. The van der Waals surface area contributed by atoms with Crippen molar-refractivity contribution in [3.8, 4) is 0 Å². The summed E-state index contributed by atoms with van der Waals surface area (Å²) in [6.07, 6.45) is 5.60. The molecule has 2 fully saturated rings. The van der Waals surface area contributed by atoms with Gasteiger partial charge in [0, 0.05) is 0 Å². The molecule has 0 amide bonds. The second kappa shape index (κ2) is 5.36. The van der Waals surface area contributed by atoms with Crippen molar-refractivity contribution in [3.05, 3.63) is 0 Å². The van der Waals surface area contributed by atoms with Crippen LogP contribution in [0.15, 0.2) is 0 Å². The van der Waals surface area contributed by atoms with Crippen LogP contribution in [0.2, 0.25) is 0 Å². The van der Waals surface area contributed by atoms with Crippen molar-refractivity contribution in [2.45, 2.75) is 70.4 Å². The summed E-state index contributed by atoms with van der Waals surface area (Å²) in [4.78, 5) is 11.7. The van der Waals surface area contributed by atoms with Crippen LogP contribution in [0, 0.1) is 0 Å². The quantitative estimate of drug-likeness (QED) is 0.713. The zero-order valence-corrected chi connectivity index (χ0v) is 10.7. The van der Waals surface area contributed by atoms with E-state index >= 15 is 0 Å². The monoisotopic (exact) mass is 242 g/mol. The third kappa shape index (κ3) is 3.96. The lowest BCUT2D eigenvalue weighted by Gasteiger charge is -2.35. The molecular formula is C13H22O4. The smallest absolute Gasteiger partial charge is 0.308 e. The van der Waals surface area contributed by atoms with Crippen LogP contribution < -0.4 is 0 Å². The molecule has 1 saturated carbocycles. The minimum atomic E-state index is -0.573. The third-order valence-electron chi connectivity index (χ3n) is 3.33. The number of hydrogen-bond acceptors (Lipinski definition) is 4. The molecule has 0 bridgehead atoms. The summed E-state index contributed by atoms with van der Waals surface area (Å²) in [5, 5.41) is 0. The summed E-state index contributed by atoms with van der Waals surface area (Å²) in [6.45, 7) is 4.40. The van der Waals surface area contributed by atoms with E-state index in [-0.39, 0.29) is 18.2 Å². The standard InChI is InChI=1S/C13H22O4/c1-13(2)15-8-7-11(17-13)9-12(14)16-10-5-3-4-6-10/h10-11H,3-9H2,1-2H3. The van der Waals surface area contributed by atoms with Crippen molar-refractivity contribution < 1.29 is 19.0 Å². The van der Waals surface area contributed by atoms with Gasteiger partial charge in [0.15, 0.2) is 5.79 Å². The Kier molecular flexibility index (Phi) is 4.05. The van der Waals surface area contributed by atoms with E-state index in [0.717, 1.165) is 19.3 Å². The number of hydrogen-bond donors (Lipinski definition) is 0. The van der Waals surface area contributed by atoms with E-state index in [4.69, 9.17) is 14.2 Å². The molecular weight excluding hydrogens is 220 g/mol. The third-order valence-corrected chi connectivity index (χ3v) is 3.33. The highest BCUT2D eigenvalue weighted by Crippen LogP contribution is 2.25. The number of esters is 1. The highest BCUT2D eigenvalue weighted by Gasteiger charge is 2.31. The summed E-state index contributed by atoms with van der Waals surface area (Å²) in [5.74, 6) is -0.698. The van der Waals surface area contributed by atoms with Gasteiger partial charge in [-0.05, 0) is 46.0 Å². The van der Waals surface area contributed by atoms with Crippen LogP contribution >= 0.6 is 0 Å². The molecule has 0 radical (unpaired) electrons. The highest BCUT2D eigenvalue weighted by atomic mass is 16.7. The molecule has 17 heavy (non-hydrogen) atoms. The lowest BCUT2D eigenvalue weighted by Crippen LogP contribution is -2.40. The fourth-order valence-electron chi connectivity index (χ4n) is 2.50. The van der Waals surface area contributed by atoms with Crippen LogP contribution in [-0.2, 0) is 19.0 Å². The van der Waals surface area contributed by atoms with Crippen molar-refractivity contribution in [2.24, 2.45) is 0 Å². The van der Waals surface area contributed by atoms with Crippen LogP contribution in [-0.4, -0.2) is 30.6 Å². The van der Waals surface area contributed by atoms with E-state index in [1.807, 2.05) is 13.8 Å². The maximum absolute atomic E-state index is 11.7. The van der Waals surface area contributed by atoms with Gasteiger partial charge in [-0.15, -0.1) is 0 Å². The number of ether oxygens (including phenoxy) is 3. The zero-order valence-electron chi connectivity index (χ0n) is 10.7. The van der Waals surface area contributed by atoms with Crippen molar-refractivity contribution in [3.63, 3.8) is 0 Å². The number of carbonyl (C=O) groups is 1. The SMILES string of the molecule is CC1(C)OCCC(CC(=O)OC2CCCC2)O1. The van der Waals surface area contributed by atoms with Gasteiger partial charge in [-0.2, -0.15) is 0 Å². The predicted molar refractivity (Wildman–Crippen MR) is 62.5 cm³/mol. The first-order valence-corrected chi connectivity index (χ1v) is 6.56. The van der Waals surface area contributed by atoms with Gasteiger partial charge < -0.3 is 14.2 Å². The van der Waals surface area contributed by atoms with Gasteiger partial charge in [0.05, 0.1) is 19.1 Å². The van der Waals surface area contributed by atoms with E-state index in [9.17, 15) is 4.79 Å². The largest absolute Gasteiger partial charge is 0.462 e. The van der Waals surface area contributed by atoms with Gasteiger partial charge in [-0.1, -0.05) is 0 Å². The molecule has 1 aliphatic heterocycles. The highest BCUT2D eigenvalue weighted by molar-refractivity contribution is 5.70. The number of carbonyl (C=O) groups excluding carboxylic acids is 1. The Bertz CT molecular complexity index is 269. The number of rotatable bonds is 3. The Labute approximate surface area is 103 Å². The Morgan fingerprint density at radius 2 is 2.00 bits per heavy atom. The maximum Gasteiger partial charge on any atom is 0.308 e. The lowest BCUT2D eigenvalue weighted by atomic mass is 10.1. The predicted octanol–water partition coefficient (Wildman–Crippen LogP) is 2.40. The molecule has 1 unspecified atom stereocenters. The molecule has 0 aromatic carbocycles. The molecule has 1 atom stereocenters. The van der Waals surface area contributed by atoms with E-state index in [1.54, 1.807) is 0 Å². The van der Waals surface area contributed by atoms with Crippen LogP contribution in [0.3, 0.4) is 0 Å². The summed E-state index contributed by atoms with van der Waals surface area (Å²) in [7, 11) is 0. The van der Waals surface area contributed by atoms with Gasteiger partial charge in [0.1, 0.15) is 6.10 Å². The zero-order chi connectivity index (χ0) is 12.3. The molecule has 4 heteroatoms. The fourth-order valence-corrected chi connectivity index (χ4v) is 2.50. The summed E-state index contributed by atoms with van der Waals surface area (Å²) in [6, 6.07) is 0. The minimum Gasteiger partial charge on any atom is -0.462 e. The Balaban J connectivity index is 1.74. The maximum atomic E-state index is 11.7. The van der Waals surface area contributed by atoms with E-state index in [0.29, 0.717) is 13.0 Å². The van der Waals surface area contributed by atoms with E-state index < -0.39 is 5.79 Å². The molecule has 1 aliphatic carbocycles. The van der Waals surface area contributed by atoms with Crippen molar-refractivity contribution >= 4 is 5.97 Å². The van der Waals surface area contributed by atoms with Gasteiger partial charge >= 0.3 is 5.97 Å². The second-order valence-corrected chi connectivity index (χ2v) is 5.38. The molecule has 1 heterocycles.